The number of furan rings is 1. The molecule has 0 radical (unpaired) electrons. The molecule has 0 saturated carbocycles. The summed E-state index contributed by atoms with van der Waals surface area (Å²) < 4.78 is 8.57. The van der Waals surface area contributed by atoms with Crippen molar-refractivity contribution in [2.75, 3.05) is 0 Å². The molecule has 0 fully saturated rings. The van der Waals surface area contributed by atoms with Gasteiger partial charge in [0.2, 0.25) is 0 Å². The fourth-order valence-electron chi connectivity index (χ4n) is 6.59. The van der Waals surface area contributed by atoms with Crippen molar-refractivity contribution in [3.8, 4) is 27.9 Å². The van der Waals surface area contributed by atoms with E-state index >= 15 is 0 Å². The van der Waals surface area contributed by atoms with Crippen molar-refractivity contribution in [3.63, 3.8) is 0 Å². The molecule has 9 aromatic rings. The van der Waals surface area contributed by atoms with Crippen LogP contribution in [-0.2, 0) is 0 Å². The van der Waals surface area contributed by atoms with E-state index in [0.717, 1.165) is 16.6 Å². The first-order chi connectivity index (χ1) is 20.8. The van der Waals surface area contributed by atoms with Crippen LogP contribution in [0.15, 0.2) is 156 Å². The van der Waals surface area contributed by atoms with Crippen molar-refractivity contribution in [3.05, 3.63) is 152 Å². The molecule has 0 N–H and O–H groups in total. The lowest BCUT2D eigenvalue weighted by atomic mass is 9.98. The van der Waals surface area contributed by atoms with Crippen LogP contribution in [0.2, 0.25) is 0 Å². The predicted molar refractivity (Wildman–Crippen MR) is 176 cm³/mol. The number of aromatic nitrogens is 1. The summed E-state index contributed by atoms with van der Waals surface area (Å²) in [5, 5.41) is 7.36. The van der Waals surface area contributed by atoms with Gasteiger partial charge in [-0.2, -0.15) is 0 Å². The van der Waals surface area contributed by atoms with Gasteiger partial charge >= 0.3 is 0 Å². The van der Waals surface area contributed by atoms with E-state index in [4.69, 9.17) is 4.42 Å². The van der Waals surface area contributed by atoms with Gasteiger partial charge in [-0.15, -0.1) is 0 Å². The molecular weight excluding hydrogens is 510 g/mol. The number of hydrogen-bond donors (Lipinski definition) is 0. The maximum absolute atomic E-state index is 6.21. The Kier molecular flexibility index (Phi) is 4.93. The van der Waals surface area contributed by atoms with Crippen molar-refractivity contribution < 1.29 is 4.42 Å². The van der Waals surface area contributed by atoms with Crippen molar-refractivity contribution in [2.45, 2.75) is 0 Å². The molecule has 42 heavy (non-hydrogen) atoms. The summed E-state index contributed by atoms with van der Waals surface area (Å²) in [5.74, 6) is 0. The van der Waals surface area contributed by atoms with Gasteiger partial charge in [0, 0.05) is 27.2 Å². The Bertz CT molecular complexity index is 2390. The van der Waals surface area contributed by atoms with E-state index < -0.39 is 0 Å². The lowest BCUT2D eigenvalue weighted by Gasteiger charge is -2.10. The van der Waals surface area contributed by atoms with Crippen LogP contribution < -0.4 is 0 Å². The molecule has 2 nitrogen and oxygen atoms in total. The van der Waals surface area contributed by atoms with Gasteiger partial charge in [-0.05, 0) is 75.5 Å². The fraction of sp³-hybridized carbons (Fsp3) is 0. The molecule has 0 spiro atoms. The summed E-state index contributed by atoms with van der Waals surface area (Å²) in [4.78, 5) is 0. The summed E-state index contributed by atoms with van der Waals surface area (Å²) >= 11 is 0. The number of hydrogen-bond acceptors (Lipinski definition) is 1. The highest BCUT2D eigenvalue weighted by atomic mass is 16.3. The van der Waals surface area contributed by atoms with Crippen molar-refractivity contribution >= 4 is 54.5 Å². The molecule has 0 unspecified atom stereocenters. The fourth-order valence-corrected chi connectivity index (χ4v) is 6.59. The normalized spacial score (nSPS) is 11.8. The summed E-state index contributed by atoms with van der Waals surface area (Å²) in [6.07, 6.45) is 0. The van der Waals surface area contributed by atoms with E-state index in [2.05, 4.69) is 156 Å². The molecule has 0 bridgehead atoms. The van der Waals surface area contributed by atoms with Crippen LogP contribution in [0.5, 0.6) is 0 Å². The highest BCUT2D eigenvalue weighted by Crippen LogP contribution is 2.37. The molecule has 0 amide bonds. The Labute approximate surface area is 242 Å². The first kappa shape index (κ1) is 23.1. The van der Waals surface area contributed by atoms with Crippen molar-refractivity contribution in [2.24, 2.45) is 0 Å². The second-order valence-electron chi connectivity index (χ2n) is 11.0. The van der Waals surface area contributed by atoms with E-state index in [1.807, 2.05) is 0 Å². The van der Waals surface area contributed by atoms with Gasteiger partial charge in [-0.25, -0.2) is 0 Å². The standard InChI is InChI=1S/C40H25NO/c1-2-8-32-29(7-1)19-24-39-40(32)35-25-30(20-23-38(35)42-39)28-15-13-26(14-16-28)27-17-21-31(22-18-27)41-36-11-5-3-9-33(36)34-10-4-6-12-37(34)41/h1-25H. The average Bonchev–Trinajstić information content (AvgIpc) is 3.61. The van der Waals surface area contributed by atoms with Crippen LogP contribution in [0.4, 0.5) is 0 Å². The summed E-state index contributed by atoms with van der Waals surface area (Å²) in [7, 11) is 0. The first-order valence-corrected chi connectivity index (χ1v) is 14.4. The number of nitrogens with zero attached hydrogens (tertiary/aromatic N) is 1. The Balaban J connectivity index is 1.08. The van der Waals surface area contributed by atoms with Crippen LogP contribution in [0.25, 0.3) is 82.5 Å². The van der Waals surface area contributed by atoms with Crippen LogP contribution in [0, 0.1) is 0 Å². The maximum Gasteiger partial charge on any atom is 0.136 e. The zero-order valence-electron chi connectivity index (χ0n) is 22.8. The van der Waals surface area contributed by atoms with E-state index in [9.17, 15) is 0 Å². The van der Waals surface area contributed by atoms with Crippen molar-refractivity contribution in [1.82, 2.24) is 4.57 Å². The number of fused-ring (bicyclic) bond motifs is 8. The van der Waals surface area contributed by atoms with Gasteiger partial charge in [0.25, 0.3) is 0 Å². The second kappa shape index (κ2) is 8.95. The molecule has 9 rings (SSSR count). The number of rotatable bonds is 3. The van der Waals surface area contributed by atoms with Gasteiger partial charge in [-0.3, -0.25) is 0 Å². The summed E-state index contributed by atoms with van der Waals surface area (Å²) in [6.45, 7) is 0. The van der Waals surface area contributed by atoms with Crippen molar-refractivity contribution in [1.29, 1.82) is 0 Å². The third-order valence-corrected chi connectivity index (χ3v) is 8.62. The van der Waals surface area contributed by atoms with Gasteiger partial charge in [0.05, 0.1) is 11.0 Å². The molecule has 196 valence electrons. The van der Waals surface area contributed by atoms with E-state index in [1.165, 1.54) is 65.9 Å². The average molecular weight is 536 g/mol. The minimum atomic E-state index is 0.921. The molecule has 2 heteroatoms. The highest BCUT2D eigenvalue weighted by Gasteiger charge is 2.13. The summed E-state index contributed by atoms with van der Waals surface area (Å²) in [6, 6.07) is 54.3. The van der Waals surface area contributed by atoms with Gasteiger partial charge in [-0.1, -0.05) is 109 Å². The third-order valence-electron chi connectivity index (χ3n) is 8.62. The predicted octanol–water partition coefficient (Wildman–Crippen LogP) is 11.2. The lowest BCUT2D eigenvalue weighted by molar-refractivity contribution is 0.669. The minimum absolute atomic E-state index is 0.921. The van der Waals surface area contributed by atoms with Gasteiger partial charge < -0.3 is 8.98 Å². The molecule has 0 atom stereocenters. The highest BCUT2D eigenvalue weighted by molar-refractivity contribution is 6.19. The zero-order valence-corrected chi connectivity index (χ0v) is 22.8. The second-order valence-corrected chi connectivity index (χ2v) is 11.0. The molecule has 0 aliphatic heterocycles. The van der Waals surface area contributed by atoms with Crippen LogP contribution in [-0.4, -0.2) is 4.57 Å². The van der Waals surface area contributed by atoms with E-state index in [-0.39, 0.29) is 0 Å². The molecule has 0 aliphatic rings. The first-order valence-electron chi connectivity index (χ1n) is 14.4. The quantitative estimate of drug-likeness (QED) is 0.220. The summed E-state index contributed by atoms with van der Waals surface area (Å²) in [5.41, 5.74) is 10.3. The van der Waals surface area contributed by atoms with Crippen LogP contribution >= 0.6 is 0 Å². The third kappa shape index (κ3) is 3.45. The molecule has 7 aromatic carbocycles. The number of benzene rings is 7. The van der Waals surface area contributed by atoms with Crippen LogP contribution in [0.1, 0.15) is 0 Å². The molecule has 0 aliphatic carbocycles. The number of para-hydroxylation sites is 2. The molecule has 0 saturated heterocycles. The largest absolute Gasteiger partial charge is 0.456 e. The molecule has 2 heterocycles. The molecule has 2 aromatic heterocycles. The topological polar surface area (TPSA) is 18.1 Å². The minimum Gasteiger partial charge on any atom is -0.456 e. The Morgan fingerprint density at radius 3 is 1.60 bits per heavy atom. The lowest BCUT2D eigenvalue weighted by Crippen LogP contribution is -1.93. The zero-order chi connectivity index (χ0) is 27.6. The van der Waals surface area contributed by atoms with E-state index in [1.54, 1.807) is 0 Å². The maximum atomic E-state index is 6.21. The molecular formula is C40H25NO. The Hall–Kier alpha value is -5.60. The Morgan fingerprint density at radius 2 is 0.905 bits per heavy atom. The Morgan fingerprint density at radius 1 is 0.381 bits per heavy atom. The van der Waals surface area contributed by atoms with Gasteiger partial charge in [0.15, 0.2) is 0 Å². The monoisotopic (exact) mass is 535 g/mol. The van der Waals surface area contributed by atoms with Crippen LogP contribution in [0.3, 0.4) is 0 Å². The van der Waals surface area contributed by atoms with Gasteiger partial charge in [0.1, 0.15) is 11.2 Å². The SMILES string of the molecule is c1ccc2c(c1)ccc1oc3ccc(-c4ccc(-c5ccc(-n6c7ccccc7c7ccccc76)cc5)cc4)cc3c12. The van der Waals surface area contributed by atoms with E-state index in [0.29, 0.717) is 0 Å². The smallest absolute Gasteiger partial charge is 0.136 e.